The number of anilines is 1. The highest BCUT2D eigenvalue weighted by molar-refractivity contribution is 7.99. The van der Waals surface area contributed by atoms with Crippen molar-refractivity contribution in [3.63, 3.8) is 0 Å². The fraction of sp³-hybridized carbons (Fsp3) is 0.294. The number of hydrogen-bond donors (Lipinski definition) is 2. The van der Waals surface area contributed by atoms with Crippen LogP contribution >= 0.6 is 11.8 Å². The molecule has 0 saturated heterocycles. The van der Waals surface area contributed by atoms with Gasteiger partial charge < -0.3 is 5.32 Å². The van der Waals surface area contributed by atoms with Crippen LogP contribution in [0.15, 0.2) is 34.2 Å². The Bertz CT molecular complexity index is 1050. The molecule has 0 bridgehead atoms. The van der Waals surface area contributed by atoms with Gasteiger partial charge in [-0.2, -0.15) is 0 Å². The van der Waals surface area contributed by atoms with Crippen molar-refractivity contribution in [1.82, 2.24) is 19.6 Å². The molecule has 0 unspecified atom stereocenters. The third kappa shape index (κ3) is 3.22. The van der Waals surface area contributed by atoms with E-state index >= 15 is 0 Å². The van der Waals surface area contributed by atoms with Gasteiger partial charge in [-0.25, -0.2) is 4.39 Å². The first-order chi connectivity index (χ1) is 12.6. The molecular weight excluding hydrogens is 357 g/mol. The molecule has 26 heavy (non-hydrogen) atoms. The zero-order valence-corrected chi connectivity index (χ0v) is 14.6. The van der Waals surface area contributed by atoms with Gasteiger partial charge in [-0.3, -0.25) is 19.0 Å². The Kier molecular flexibility index (Phi) is 4.46. The van der Waals surface area contributed by atoms with Crippen LogP contribution in [0.4, 0.5) is 10.1 Å². The second kappa shape index (κ2) is 6.91. The molecule has 3 aromatic rings. The number of hydrogen-bond acceptors (Lipinski definition) is 5. The molecule has 1 aliphatic rings. The van der Waals surface area contributed by atoms with E-state index in [0.29, 0.717) is 16.6 Å². The van der Waals surface area contributed by atoms with Gasteiger partial charge in [-0.15, -0.1) is 10.2 Å². The normalized spacial score (nSPS) is 13.6. The highest BCUT2D eigenvalue weighted by Gasteiger charge is 2.20. The number of aryl methyl sites for hydroxylation is 1. The molecule has 0 aliphatic heterocycles. The van der Waals surface area contributed by atoms with Crippen LogP contribution in [0.25, 0.3) is 5.78 Å². The molecule has 2 heterocycles. The predicted molar refractivity (Wildman–Crippen MR) is 96.0 cm³/mol. The highest BCUT2D eigenvalue weighted by atomic mass is 32.2. The smallest absolute Gasteiger partial charge is 0.255 e. The van der Waals surface area contributed by atoms with E-state index in [-0.39, 0.29) is 17.2 Å². The summed E-state index contributed by atoms with van der Waals surface area (Å²) in [5, 5.41) is 11.3. The quantitative estimate of drug-likeness (QED) is 0.684. The number of carbonyl (C=O) groups is 1. The Hall–Kier alpha value is -2.68. The minimum atomic E-state index is -0.408. The lowest BCUT2D eigenvalue weighted by Gasteiger charge is -2.16. The molecule has 134 valence electrons. The predicted octanol–water partition coefficient (Wildman–Crippen LogP) is 2.17. The van der Waals surface area contributed by atoms with E-state index in [9.17, 15) is 14.0 Å². The lowest BCUT2D eigenvalue weighted by Crippen LogP contribution is -2.23. The maximum atomic E-state index is 13.2. The first kappa shape index (κ1) is 16.8. The van der Waals surface area contributed by atoms with Crippen molar-refractivity contribution in [3.05, 3.63) is 51.7 Å². The molecule has 1 aromatic carbocycles. The largest absolute Gasteiger partial charge is 0.325 e. The van der Waals surface area contributed by atoms with Gasteiger partial charge >= 0.3 is 0 Å². The van der Waals surface area contributed by atoms with E-state index in [2.05, 4.69) is 20.5 Å². The number of nitrogens with zero attached hydrogens (tertiary/aromatic N) is 3. The van der Waals surface area contributed by atoms with E-state index in [0.717, 1.165) is 36.9 Å². The monoisotopic (exact) mass is 373 g/mol. The van der Waals surface area contributed by atoms with Gasteiger partial charge in [-0.1, -0.05) is 17.8 Å². The number of thioether (sulfide) groups is 1. The topological polar surface area (TPSA) is 92.2 Å². The van der Waals surface area contributed by atoms with Crippen molar-refractivity contribution in [3.8, 4) is 0 Å². The van der Waals surface area contributed by atoms with E-state index in [4.69, 9.17) is 0 Å². The van der Waals surface area contributed by atoms with Gasteiger partial charge in [0.25, 0.3) is 5.56 Å². The Labute approximate surface area is 152 Å². The summed E-state index contributed by atoms with van der Waals surface area (Å²) in [5.41, 5.74) is 1.99. The first-order valence-corrected chi connectivity index (χ1v) is 9.28. The second-order valence-electron chi connectivity index (χ2n) is 6.08. The summed E-state index contributed by atoms with van der Waals surface area (Å²) in [4.78, 5) is 27.0. The maximum Gasteiger partial charge on any atom is 0.255 e. The van der Waals surface area contributed by atoms with Crippen LogP contribution in [0.2, 0.25) is 0 Å². The van der Waals surface area contributed by atoms with E-state index in [1.165, 1.54) is 30.0 Å². The molecule has 7 nitrogen and oxygen atoms in total. The standard InChI is InChI=1S/C17H16FN5O2S/c18-10-4-3-5-11(8-10)19-14(24)9-26-17-22-21-16-20-15(25)12-6-1-2-7-13(12)23(16)17/h3-5,8H,1-2,6-7,9H2,(H,19,24)(H,20,21,25). The van der Waals surface area contributed by atoms with Gasteiger partial charge in [0.15, 0.2) is 5.16 Å². The Morgan fingerprint density at radius 1 is 1.31 bits per heavy atom. The molecule has 2 N–H and O–H groups in total. The highest BCUT2D eigenvalue weighted by Crippen LogP contribution is 2.23. The molecule has 0 saturated carbocycles. The number of fused-ring (bicyclic) bond motifs is 3. The van der Waals surface area contributed by atoms with Crippen LogP contribution < -0.4 is 10.9 Å². The number of halogens is 1. The number of amides is 1. The molecule has 0 radical (unpaired) electrons. The van der Waals surface area contributed by atoms with Crippen LogP contribution in [0.5, 0.6) is 0 Å². The fourth-order valence-electron chi connectivity index (χ4n) is 3.14. The van der Waals surface area contributed by atoms with Crippen molar-refractivity contribution in [2.24, 2.45) is 0 Å². The van der Waals surface area contributed by atoms with Gasteiger partial charge in [0.05, 0.1) is 5.75 Å². The molecule has 2 aromatic heterocycles. The third-order valence-electron chi connectivity index (χ3n) is 4.28. The summed E-state index contributed by atoms with van der Waals surface area (Å²) in [6.45, 7) is 0. The number of carbonyl (C=O) groups excluding carboxylic acids is 1. The summed E-state index contributed by atoms with van der Waals surface area (Å²) >= 11 is 1.23. The molecule has 1 aliphatic carbocycles. The number of H-pyrrole nitrogens is 1. The lowest BCUT2D eigenvalue weighted by molar-refractivity contribution is -0.113. The Morgan fingerprint density at radius 2 is 2.15 bits per heavy atom. The molecule has 9 heteroatoms. The zero-order chi connectivity index (χ0) is 18.1. The molecule has 1 amide bonds. The molecular formula is C17H16FN5O2S. The summed E-state index contributed by atoms with van der Waals surface area (Å²) in [6.07, 6.45) is 3.52. The van der Waals surface area contributed by atoms with Gasteiger partial charge in [0, 0.05) is 16.9 Å². The first-order valence-electron chi connectivity index (χ1n) is 8.29. The number of benzene rings is 1. The van der Waals surface area contributed by atoms with Crippen LogP contribution in [0, 0.1) is 5.82 Å². The molecule has 4 rings (SSSR count). The number of aromatic nitrogens is 4. The third-order valence-corrected chi connectivity index (χ3v) is 5.21. The molecule has 0 atom stereocenters. The Morgan fingerprint density at radius 3 is 3.00 bits per heavy atom. The number of rotatable bonds is 4. The molecule has 0 spiro atoms. The number of nitrogens with one attached hydrogen (secondary N) is 2. The SMILES string of the molecule is O=C(CSc1nnc2[nH]c(=O)c3c(n12)CCCC3)Nc1cccc(F)c1. The van der Waals surface area contributed by atoms with Crippen LogP contribution in [-0.4, -0.2) is 31.2 Å². The molecule has 0 fully saturated rings. The van der Waals surface area contributed by atoms with Gasteiger partial charge in [-0.05, 0) is 43.9 Å². The zero-order valence-electron chi connectivity index (χ0n) is 13.8. The van der Waals surface area contributed by atoms with Crippen molar-refractivity contribution in [2.45, 2.75) is 30.8 Å². The van der Waals surface area contributed by atoms with E-state index in [1.807, 2.05) is 4.40 Å². The van der Waals surface area contributed by atoms with Crippen LogP contribution in [0.1, 0.15) is 24.1 Å². The van der Waals surface area contributed by atoms with Crippen LogP contribution in [-0.2, 0) is 17.6 Å². The minimum Gasteiger partial charge on any atom is -0.325 e. The summed E-state index contributed by atoms with van der Waals surface area (Å²) in [7, 11) is 0. The van der Waals surface area contributed by atoms with Crippen molar-refractivity contribution >= 4 is 29.1 Å². The van der Waals surface area contributed by atoms with Crippen molar-refractivity contribution in [2.75, 3.05) is 11.1 Å². The van der Waals surface area contributed by atoms with Crippen molar-refractivity contribution < 1.29 is 9.18 Å². The van der Waals surface area contributed by atoms with Gasteiger partial charge in [0.1, 0.15) is 5.82 Å². The maximum absolute atomic E-state index is 13.2. The minimum absolute atomic E-state index is 0.102. The average molecular weight is 373 g/mol. The van der Waals surface area contributed by atoms with E-state index < -0.39 is 5.82 Å². The summed E-state index contributed by atoms with van der Waals surface area (Å²) in [5.74, 6) is -0.181. The van der Waals surface area contributed by atoms with Crippen molar-refractivity contribution in [1.29, 1.82) is 0 Å². The second-order valence-corrected chi connectivity index (χ2v) is 7.02. The fourth-order valence-corrected chi connectivity index (χ4v) is 3.90. The Balaban J connectivity index is 1.54. The summed E-state index contributed by atoms with van der Waals surface area (Å²) < 4.78 is 15.0. The lowest BCUT2D eigenvalue weighted by atomic mass is 9.97. The van der Waals surface area contributed by atoms with Crippen LogP contribution in [0.3, 0.4) is 0 Å². The van der Waals surface area contributed by atoms with E-state index in [1.54, 1.807) is 6.07 Å². The summed E-state index contributed by atoms with van der Waals surface area (Å²) in [6, 6.07) is 5.73. The average Bonchev–Trinajstić information content (AvgIpc) is 3.03. The van der Waals surface area contributed by atoms with Gasteiger partial charge in [0.2, 0.25) is 11.7 Å². The number of aromatic amines is 1.